The molecule has 3 amide bonds. The first-order valence-electron chi connectivity index (χ1n) is 12.0. The molecule has 8 nitrogen and oxygen atoms in total. The van der Waals surface area contributed by atoms with E-state index in [1.165, 1.54) is 0 Å². The zero-order valence-electron chi connectivity index (χ0n) is 20.8. The standard InChI is InChI=1S/C28H30N4O4S/c1-3-4-9-18-36-24-13-8-7-12-23(24)27(35)30-28(37)32-31-25(33)20-14-16-21(17-15-20)29-26(34)22-11-6-5-10-19(22)2/h5-8,10-17H,3-4,9,18H2,1-2H3,(H,29,34)(H,31,33)(H2,30,32,35,37). The number of anilines is 1. The summed E-state index contributed by atoms with van der Waals surface area (Å²) < 4.78 is 5.74. The zero-order valence-corrected chi connectivity index (χ0v) is 21.6. The van der Waals surface area contributed by atoms with Gasteiger partial charge in [0.2, 0.25) is 0 Å². The van der Waals surface area contributed by atoms with Crippen LogP contribution in [-0.2, 0) is 0 Å². The fourth-order valence-corrected chi connectivity index (χ4v) is 3.58. The van der Waals surface area contributed by atoms with Gasteiger partial charge in [0.25, 0.3) is 17.7 Å². The van der Waals surface area contributed by atoms with Crippen molar-refractivity contribution in [3.8, 4) is 5.75 Å². The number of rotatable bonds is 9. The first-order valence-corrected chi connectivity index (χ1v) is 12.4. The Morgan fingerprint density at radius 2 is 1.46 bits per heavy atom. The van der Waals surface area contributed by atoms with Gasteiger partial charge in [-0.15, -0.1) is 0 Å². The fraction of sp³-hybridized carbons (Fsp3) is 0.214. The van der Waals surface area contributed by atoms with Gasteiger partial charge in [0.1, 0.15) is 5.75 Å². The van der Waals surface area contributed by atoms with Crippen molar-refractivity contribution in [2.45, 2.75) is 33.1 Å². The van der Waals surface area contributed by atoms with Crippen LogP contribution in [0.25, 0.3) is 0 Å². The second-order valence-electron chi connectivity index (χ2n) is 8.26. The van der Waals surface area contributed by atoms with E-state index < -0.39 is 11.8 Å². The minimum Gasteiger partial charge on any atom is -0.493 e. The number of thiocarbonyl (C=S) groups is 1. The molecule has 3 aromatic rings. The third-order valence-electron chi connectivity index (χ3n) is 5.45. The van der Waals surface area contributed by atoms with Crippen LogP contribution < -0.4 is 26.2 Å². The largest absolute Gasteiger partial charge is 0.493 e. The lowest BCUT2D eigenvalue weighted by Gasteiger charge is -2.13. The van der Waals surface area contributed by atoms with Crippen molar-refractivity contribution in [3.05, 3.63) is 95.1 Å². The first-order chi connectivity index (χ1) is 17.9. The lowest BCUT2D eigenvalue weighted by Crippen LogP contribution is -2.48. The Labute approximate surface area is 221 Å². The van der Waals surface area contributed by atoms with E-state index in [-0.39, 0.29) is 11.0 Å². The average molecular weight is 519 g/mol. The molecular weight excluding hydrogens is 488 g/mol. The van der Waals surface area contributed by atoms with E-state index in [2.05, 4.69) is 28.4 Å². The van der Waals surface area contributed by atoms with E-state index in [4.69, 9.17) is 17.0 Å². The normalized spacial score (nSPS) is 10.2. The molecule has 0 aliphatic heterocycles. The fourth-order valence-electron chi connectivity index (χ4n) is 3.43. The molecule has 192 valence electrons. The van der Waals surface area contributed by atoms with Crippen LogP contribution in [0.2, 0.25) is 0 Å². The molecule has 0 unspecified atom stereocenters. The summed E-state index contributed by atoms with van der Waals surface area (Å²) in [5, 5.41) is 5.28. The van der Waals surface area contributed by atoms with E-state index >= 15 is 0 Å². The van der Waals surface area contributed by atoms with Crippen molar-refractivity contribution in [2.75, 3.05) is 11.9 Å². The topological polar surface area (TPSA) is 109 Å². The highest BCUT2D eigenvalue weighted by molar-refractivity contribution is 7.80. The molecule has 0 bridgehead atoms. The Hall–Kier alpha value is -4.24. The number of nitrogens with one attached hydrogen (secondary N) is 4. The number of aryl methyl sites for hydroxylation is 1. The third-order valence-corrected chi connectivity index (χ3v) is 5.65. The summed E-state index contributed by atoms with van der Waals surface area (Å²) in [7, 11) is 0. The third kappa shape index (κ3) is 8.15. The number of hydrazine groups is 1. The Balaban J connectivity index is 1.49. The first kappa shape index (κ1) is 27.3. The number of benzene rings is 3. The summed E-state index contributed by atoms with van der Waals surface area (Å²) >= 11 is 5.14. The van der Waals surface area contributed by atoms with E-state index in [1.807, 2.05) is 19.1 Å². The molecule has 0 spiro atoms. The minimum atomic E-state index is -0.465. The van der Waals surface area contributed by atoms with Gasteiger partial charge in [-0.05, 0) is 73.6 Å². The molecule has 0 atom stereocenters. The Kier molecular flexibility index (Phi) is 10.2. The predicted molar refractivity (Wildman–Crippen MR) is 148 cm³/mol. The molecule has 0 aromatic heterocycles. The molecule has 9 heteroatoms. The quantitative estimate of drug-likeness (QED) is 0.185. The molecule has 4 N–H and O–H groups in total. The summed E-state index contributed by atoms with van der Waals surface area (Å²) in [4.78, 5) is 37.6. The number of carbonyl (C=O) groups excluding carboxylic acids is 3. The van der Waals surface area contributed by atoms with Crippen molar-refractivity contribution >= 4 is 40.7 Å². The van der Waals surface area contributed by atoms with Gasteiger partial charge in [-0.3, -0.25) is 30.6 Å². The van der Waals surface area contributed by atoms with Gasteiger partial charge in [0, 0.05) is 16.8 Å². The maximum Gasteiger partial charge on any atom is 0.269 e. The molecule has 37 heavy (non-hydrogen) atoms. The second kappa shape index (κ2) is 13.7. The van der Waals surface area contributed by atoms with E-state index in [9.17, 15) is 14.4 Å². The summed E-state index contributed by atoms with van der Waals surface area (Å²) in [5.41, 5.74) is 7.65. The number of carbonyl (C=O) groups is 3. The molecule has 3 rings (SSSR count). The Bertz CT molecular complexity index is 1260. The SMILES string of the molecule is CCCCCOc1ccccc1C(=O)NC(=S)NNC(=O)c1ccc(NC(=O)c2ccccc2C)cc1. The van der Waals surface area contributed by atoms with Crippen molar-refractivity contribution in [1.29, 1.82) is 0 Å². The molecule has 3 aromatic carbocycles. The maximum absolute atomic E-state index is 12.7. The van der Waals surface area contributed by atoms with Crippen LogP contribution in [0.4, 0.5) is 5.69 Å². The highest BCUT2D eigenvalue weighted by Crippen LogP contribution is 2.18. The van der Waals surface area contributed by atoms with Crippen LogP contribution in [0.15, 0.2) is 72.8 Å². The number of para-hydroxylation sites is 1. The lowest BCUT2D eigenvalue weighted by atomic mass is 10.1. The van der Waals surface area contributed by atoms with Gasteiger partial charge in [0.05, 0.1) is 12.2 Å². The van der Waals surface area contributed by atoms with E-state index in [1.54, 1.807) is 60.7 Å². The molecular formula is C28H30N4O4S. The van der Waals surface area contributed by atoms with Crippen molar-refractivity contribution in [3.63, 3.8) is 0 Å². The molecule has 0 fully saturated rings. The molecule has 0 aliphatic rings. The van der Waals surface area contributed by atoms with Crippen molar-refractivity contribution in [1.82, 2.24) is 16.2 Å². The summed E-state index contributed by atoms with van der Waals surface area (Å²) in [6.07, 6.45) is 3.02. The predicted octanol–water partition coefficient (Wildman–Crippen LogP) is 4.77. The Morgan fingerprint density at radius 3 is 2.16 bits per heavy atom. The van der Waals surface area contributed by atoms with E-state index in [0.717, 1.165) is 24.8 Å². The monoisotopic (exact) mass is 518 g/mol. The number of hydrogen-bond donors (Lipinski definition) is 4. The van der Waals surface area contributed by atoms with Crippen LogP contribution in [0.1, 0.15) is 62.8 Å². The van der Waals surface area contributed by atoms with Gasteiger partial charge in [-0.25, -0.2) is 0 Å². The van der Waals surface area contributed by atoms with Gasteiger partial charge in [-0.1, -0.05) is 50.1 Å². The average Bonchev–Trinajstić information content (AvgIpc) is 2.90. The van der Waals surface area contributed by atoms with Crippen molar-refractivity contribution in [2.24, 2.45) is 0 Å². The van der Waals surface area contributed by atoms with Crippen LogP contribution >= 0.6 is 12.2 Å². The van der Waals surface area contributed by atoms with E-state index in [0.29, 0.717) is 34.7 Å². The van der Waals surface area contributed by atoms with Gasteiger partial charge < -0.3 is 10.1 Å². The summed E-state index contributed by atoms with van der Waals surface area (Å²) in [6.45, 7) is 4.49. The highest BCUT2D eigenvalue weighted by Gasteiger charge is 2.14. The molecule has 0 aliphatic carbocycles. The molecule has 0 saturated carbocycles. The smallest absolute Gasteiger partial charge is 0.269 e. The van der Waals surface area contributed by atoms with Crippen molar-refractivity contribution < 1.29 is 19.1 Å². The number of unbranched alkanes of at least 4 members (excludes halogenated alkanes) is 2. The summed E-state index contributed by atoms with van der Waals surface area (Å²) in [6, 6.07) is 20.6. The lowest BCUT2D eigenvalue weighted by molar-refractivity contribution is 0.0933. The molecule has 0 heterocycles. The number of hydrogen-bond acceptors (Lipinski definition) is 5. The maximum atomic E-state index is 12.7. The van der Waals surface area contributed by atoms with Gasteiger partial charge in [-0.2, -0.15) is 0 Å². The highest BCUT2D eigenvalue weighted by atomic mass is 32.1. The molecule has 0 saturated heterocycles. The molecule has 0 radical (unpaired) electrons. The second-order valence-corrected chi connectivity index (χ2v) is 8.67. The van der Waals surface area contributed by atoms with Gasteiger partial charge in [0.15, 0.2) is 5.11 Å². The van der Waals surface area contributed by atoms with Crippen LogP contribution in [0.3, 0.4) is 0 Å². The van der Waals surface area contributed by atoms with Crippen LogP contribution in [0.5, 0.6) is 5.75 Å². The minimum absolute atomic E-state index is 0.0683. The van der Waals surface area contributed by atoms with Gasteiger partial charge >= 0.3 is 0 Å². The summed E-state index contributed by atoms with van der Waals surface area (Å²) in [5.74, 6) is -0.678. The number of ether oxygens (including phenoxy) is 1. The van der Waals surface area contributed by atoms with Crippen LogP contribution in [-0.4, -0.2) is 29.4 Å². The number of amides is 3. The van der Waals surface area contributed by atoms with Crippen LogP contribution in [0, 0.1) is 6.92 Å². The zero-order chi connectivity index (χ0) is 26.6. The Morgan fingerprint density at radius 1 is 0.784 bits per heavy atom.